The first kappa shape index (κ1) is 24.4. The van der Waals surface area contributed by atoms with Gasteiger partial charge in [0.25, 0.3) is 0 Å². The van der Waals surface area contributed by atoms with Crippen LogP contribution in [0.3, 0.4) is 0 Å². The number of ketones is 1. The fraction of sp³-hybridized carbons (Fsp3) is 0.310. The predicted molar refractivity (Wildman–Crippen MR) is 150 cm³/mol. The van der Waals surface area contributed by atoms with Crippen LogP contribution in [0.25, 0.3) is 0 Å². The molecule has 0 aromatic heterocycles. The molecule has 36 heavy (non-hydrogen) atoms. The normalized spacial score (nSPS) is 17.8. The molecule has 0 radical (unpaired) electrons. The van der Waals surface area contributed by atoms with Gasteiger partial charge in [0.15, 0.2) is 17.8 Å². The zero-order chi connectivity index (χ0) is 25.2. The van der Waals surface area contributed by atoms with Gasteiger partial charge < -0.3 is 9.64 Å². The fourth-order valence-corrected chi connectivity index (χ4v) is 5.36. The first-order valence-electron chi connectivity index (χ1n) is 12.4. The molecular formula is C29H31BrN4O2. The fourth-order valence-electron chi connectivity index (χ4n) is 4.98. The highest BCUT2D eigenvalue weighted by Gasteiger charge is 2.40. The molecule has 2 heterocycles. The Labute approximate surface area is 221 Å². The smallest absolute Gasteiger partial charge is 0.198 e. The van der Waals surface area contributed by atoms with E-state index in [9.17, 15) is 4.79 Å². The monoisotopic (exact) mass is 546 g/mol. The number of rotatable bonds is 6. The summed E-state index contributed by atoms with van der Waals surface area (Å²) in [6.07, 6.45) is 3.35. The topological polar surface area (TPSA) is 48.4 Å². The van der Waals surface area contributed by atoms with E-state index in [4.69, 9.17) is 9.84 Å². The highest BCUT2D eigenvalue weighted by Crippen LogP contribution is 2.43. The molecule has 3 aromatic rings. The Morgan fingerprint density at radius 2 is 1.56 bits per heavy atom. The maximum atomic E-state index is 12.9. The van der Waals surface area contributed by atoms with Crippen LogP contribution in [0.15, 0.2) is 76.3 Å². The van der Waals surface area contributed by atoms with E-state index in [2.05, 4.69) is 64.2 Å². The zero-order valence-electron chi connectivity index (χ0n) is 20.9. The Balaban J connectivity index is 1.63. The summed E-state index contributed by atoms with van der Waals surface area (Å²) < 4.78 is 6.71. The lowest BCUT2D eigenvalue weighted by Gasteiger charge is -2.33. The van der Waals surface area contributed by atoms with E-state index in [-0.39, 0.29) is 5.78 Å². The second kappa shape index (κ2) is 10.3. The number of halogens is 1. The van der Waals surface area contributed by atoms with Gasteiger partial charge in [-0.25, -0.2) is 5.01 Å². The molecule has 1 atom stereocenters. The average Bonchev–Trinajstić information content (AvgIpc) is 3.30. The summed E-state index contributed by atoms with van der Waals surface area (Å²) >= 11 is 3.63. The van der Waals surface area contributed by atoms with E-state index in [1.807, 2.05) is 40.2 Å². The number of piperidine rings is 1. The number of aryl methyl sites for hydroxylation is 1. The number of nitrogens with zero attached hydrogens (tertiary/aromatic N) is 4. The quantitative estimate of drug-likeness (QED) is 0.345. The van der Waals surface area contributed by atoms with E-state index < -0.39 is 6.17 Å². The van der Waals surface area contributed by atoms with Crippen molar-refractivity contribution in [1.82, 2.24) is 0 Å². The van der Waals surface area contributed by atoms with Crippen LogP contribution < -0.4 is 19.5 Å². The SMILES string of the molecule is COc1ccc(Br)cc1[C@H]1N(c2ccc(C)cc2)N=C(C(C)=O)N1c1ccc(N2CCCCC2)cc1. The van der Waals surface area contributed by atoms with Crippen molar-refractivity contribution >= 4 is 44.6 Å². The van der Waals surface area contributed by atoms with Crippen LogP contribution in [0.5, 0.6) is 5.75 Å². The molecular weight excluding hydrogens is 516 g/mol. The molecule has 0 aliphatic carbocycles. The number of amidine groups is 1. The summed E-state index contributed by atoms with van der Waals surface area (Å²) in [5.41, 5.74) is 5.10. The second-order valence-electron chi connectivity index (χ2n) is 9.35. The van der Waals surface area contributed by atoms with E-state index in [0.29, 0.717) is 5.84 Å². The number of hydrogen-bond acceptors (Lipinski definition) is 6. The van der Waals surface area contributed by atoms with Gasteiger partial charge >= 0.3 is 0 Å². The summed E-state index contributed by atoms with van der Waals surface area (Å²) in [5, 5.41) is 6.78. The van der Waals surface area contributed by atoms with Gasteiger partial charge in [0.2, 0.25) is 0 Å². The van der Waals surface area contributed by atoms with Crippen LogP contribution in [-0.2, 0) is 4.79 Å². The van der Waals surface area contributed by atoms with Crippen molar-refractivity contribution < 1.29 is 9.53 Å². The van der Waals surface area contributed by atoms with Crippen molar-refractivity contribution in [3.8, 4) is 5.75 Å². The number of ether oxygens (including phenoxy) is 1. The standard InChI is InChI=1S/C29H31BrN4O2/c1-20-7-10-25(11-8-20)34-29(26-19-22(30)9-16-27(26)36-3)33(28(31-34)21(2)35)24-14-12-23(13-15-24)32-17-5-4-6-18-32/h7-16,19,29H,4-6,17-18H2,1-3H3/t29-/m1/s1. The van der Waals surface area contributed by atoms with Crippen molar-refractivity contribution in [2.24, 2.45) is 5.10 Å². The predicted octanol–water partition coefficient (Wildman–Crippen LogP) is 6.68. The Hall–Kier alpha value is -3.32. The lowest BCUT2D eigenvalue weighted by molar-refractivity contribution is -0.111. The van der Waals surface area contributed by atoms with Crippen molar-refractivity contribution in [2.45, 2.75) is 39.3 Å². The second-order valence-corrected chi connectivity index (χ2v) is 10.3. The van der Waals surface area contributed by atoms with Crippen LogP contribution in [0.1, 0.15) is 43.5 Å². The molecule has 1 fully saturated rings. The minimum atomic E-state index is -0.403. The number of Topliss-reactive ketones (excluding diaryl/α,β-unsaturated/α-hetero) is 1. The third-order valence-corrected chi connectivity index (χ3v) is 7.33. The van der Waals surface area contributed by atoms with E-state index in [1.54, 1.807) is 14.0 Å². The summed E-state index contributed by atoms with van der Waals surface area (Å²) in [7, 11) is 1.67. The largest absolute Gasteiger partial charge is 0.496 e. The number of hydrazone groups is 1. The molecule has 7 heteroatoms. The summed E-state index contributed by atoms with van der Waals surface area (Å²) in [6.45, 7) is 5.80. The molecule has 0 spiro atoms. The molecule has 2 aliphatic heterocycles. The molecule has 0 amide bonds. The van der Waals surface area contributed by atoms with Crippen LogP contribution in [0.2, 0.25) is 0 Å². The van der Waals surface area contributed by atoms with Gasteiger partial charge in [-0.05, 0) is 80.8 Å². The molecule has 0 N–H and O–H groups in total. The maximum Gasteiger partial charge on any atom is 0.198 e. The summed E-state index contributed by atoms with van der Waals surface area (Å²) in [4.78, 5) is 17.4. The van der Waals surface area contributed by atoms with Crippen molar-refractivity contribution in [2.75, 3.05) is 35.0 Å². The third-order valence-electron chi connectivity index (χ3n) is 6.84. The zero-order valence-corrected chi connectivity index (χ0v) is 22.5. The number of benzene rings is 3. The van der Waals surface area contributed by atoms with Crippen LogP contribution in [-0.4, -0.2) is 31.8 Å². The van der Waals surface area contributed by atoms with Gasteiger partial charge in [-0.1, -0.05) is 33.6 Å². The van der Waals surface area contributed by atoms with Crippen molar-refractivity contribution in [1.29, 1.82) is 0 Å². The van der Waals surface area contributed by atoms with Gasteiger partial charge in [-0.15, -0.1) is 5.10 Å². The lowest BCUT2D eigenvalue weighted by Crippen LogP contribution is -2.38. The van der Waals surface area contributed by atoms with E-state index >= 15 is 0 Å². The van der Waals surface area contributed by atoms with Crippen LogP contribution in [0.4, 0.5) is 17.1 Å². The van der Waals surface area contributed by atoms with E-state index in [1.165, 1.54) is 24.9 Å². The highest BCUT2D eigenvalue weighted by atomic mass is 79.9. The van der Waals surface area contributed by atoms with Crippen LogP contribution in [0, 0.1) is 6.92 Å². The molecule has 3 aromatic carbocycles. The molecule has 0 bridgehead atoms. The lowest BCUT2D eigenvalue weighted by atomic mass is 10.1. The molecule has 0 saturated carbocycles. The van der Waals surface area contributed by atoms with Gasteiger partial charge in [0.1, 0.15) is 5.75 Å². The number of carbonyl (C=O) groups is 1. The van der Waals surface area contributed by atoms with Crippen LogP contribution >= 0.6 is 15.9 Å². The first-order valence-corrected chi connectivity index (χ1v) is 13.2. The summed E-state index contributed by atoms with van der Waals surface area (Å²) in [6, 6.07) is 22.6. The molecule has 1 saturated heterocycles. The molecule has 5 rings (SSSR count). The van der Waals surface area contributed by atoms with Gasteiger partial charge in [0, 0.05) is 41.4 Å². The van der Waals surface area contributed by atoms with Crippen molar-refractivity contribution in [3.05, 3.63) is 82.3 Å². The highest BCUT2D eigenvalue weighted by molar-refractivity contribution is 9.10. The third kappa shape index (κ3) is 4.72. The maximum absolute atomic E-state index is 12.9. The molecule has 6 nitrogen and oxygen atoms in total. The number of anilines is 3. The average molecular weight is 547 g/mol. The minimum absolute atomic E-state index is 0.0938. The molecule has 2 aliphatic rings. The van der Waals surface area contributed by atoms with Gasteiger partial charge in [0.05, 0.1) is 12.8 Å². The van der Waals surface area contributed by atoms with E-state index in [0.717, 1.165) is 45.8 Å². The number of methoxy groups -OCH3 is 1. The van der Waals surface area contributed by atoms with Crippen molar-refractivity contribution in [3.63, 3.8) is 0 Å². The van der Waals surface area contributed by atoms with Gasteiger partial charge in [-0.2, -0.15) is 0 Å². The Bertz CT molecular complexity index is 1270. The molecule has 0 unspecified atom stereocenters. The Kier molecular flexibility index (Phi) is 7.01. The summed E-state index contributed by atoms with van der Waals surface area (Å²) in [5.74, 6) is 1.03. The first-order chi connectivity index (χ1) is 17.5. The van der Waals surface area contributed by atoms with Gasteiger partial charge in [-0.3, -0.25) is 9.69 Å². The Morgan fingerprint density at radius 3 is 2.19 bits per heavy atom. The number of hydrogen-bond donors (Lipinski definition) is 0. The molecule has 186 valence electrons. The number of carbonyl (C=O) groups excluding carboxylic acids is 1. The minimum Gasteiger partial charge on any atom is -0.496 e. The Morgan fingerprint density at radius 1 is 0.917 bits per heavy atom.